The maximum atomic E-state index is 8.25. The summed E-state index contributed by atoms with van der Waals surface area (Å²) >= 11 is 0. The topological polar surface area (TPSA) is 58.0 Å². The van der Waals surface area contributed by atoms with Crippen molar-refractivity contribution in [2.24, 2.45) is 5.11 Å². The predicted molar refractivity (Wildman–Crippen MR) is 57.2 cm³/mol. The van der Waals surface area contributed by atoms with Crippen LogP contribution in [0.1, 0.15) is 24.0 Å². The number of methoxy groups -OCH3 is 1. The molecule has 0 radical (unpaired) electrons. The summed E-state index contributed by atoms with van der Waals surface area (Å²) in [5.74, 6) is 0. The Labute approximate surface area is 88.5 Å². The van der Waals surface area contributed by atoms with Crippen LogP contribution in [-0.2, 0) is 16.9 Å². The third kappa shape index (κ3) is 1.96. The monoisotopic (exact) mass is 203 g/mol. The van der Waals surface area contributed by atoms with Crippen molar-refractivity contribution in [3.63, 3.8) is 0 Å². The highest BCUT2D eigenvalue weighted by Gasteiger charge is 2.44. The van der Waals surface area contributed by atoms with Crippen LogP contribution in [0, 0.1) is 0 Å². The van der Waals surface area contributed by atoms with E-state index in [1.165, 1.54) is 5.56 Å². The fraction of sp³-hybridized carbons (Fsp3) is 0.455. The van der Waals surface area contributed by atoms with Crippen LogP contribution in [0.3, 0.4) is 0 Å². The van der Waals surface area contributed by atoms with E-state index in [0.717, 1.165) is 18.4 Å². The number of rotatable bonds is 4. The molecule has 0 aliphatic heterocycles. The molecule has 1 aliphatic rings. The fourth-order valence-corrected chi connectivity index (χ4v) is 1.79. The van der Waals surface area contributed by atoms with Gasteiger partial charge in [-0.15, -0.1) is 0 Å². The normalized spacial score (nSPS) is 16.9. The summed E-state index contributed by atoms with van der Waals surface area (Å²) in [6, 6.07) is 8.07. The van der Waals surface area contributed by atoms with Crippen LogP contribution in [-0.4, -0.2) is 7.11 Å². The maximum Gasteiger partial charge on any atom is 0.0930 e. The molecule has 15 heavy (non-hydrogen) atoms. The van der Waals surface area contributed by atoms with Crippen LogP contribution >= 0.6 is 0 Å². The Morgan fingerprint density at radius 3 is 2.93 bits per heavy atom. The molecule has 78 valence electrons. The molecule has 1 saturated carbocycles. The molecule has 4 heteroatoms. The van der Waals surface area contributed by atoms with Crippen molar-refractivity contribution in [3.05, 3.63) is 45.8 Å². The lowest BCUT2D eigenvalue weighted by molar-refractivity contribution is 0.0788. The lowest BCUT2D eigenvalue weighted by Crippen LogP contribution is -2.08. The standard InChI is InChI=1S/C11H13N3O/c1-15-11(5-6-11)10-4-2-3-9(7-10)8-13-14-12/h2-4,7H,5-6,8H2,1H3. The molecule has 0 amide bonds. The van der Waals surface area contributed by atoms with Gasteiger partial charge in [-0.05, 0) is 29.5 Å². The molecule has 1 aliphatic carbocycles. The Hall–Kier alpha value is -1.51. The predicted octanol–water partition coefficient (Wildman–Crippen LogP) is 3.13. The van der Waals surface area contributed by atoms with Gasteiger partial charge in [-0.3, -0.25) is 0 Å². The molecule has 0 N–H and O–H groups in total. The minimum Gasteiger partial charge on any atom is -0.374 e. The summed E-state index contributed by atoms with van der Waals surface area (Å²) < 4.78 is 5.49. The average molecular weight is 203 g/mol. The van der Waals surface area contributed by atoms with E-state index in [4.69, 9.17) is 10.3 Å². The second kappa shape index (κ2) is 3.93. The molecule has 2 rings (SSSR count). The van der Waals surface area contributed by atoms with Gasteiger partial charge in [-0.25, -0.2) is 0 Å². The van der Waals surface area contributed by atoms with E-state index in [0.29, 0.717) is 6.54 Å². The molecule has 0 heterocycles. The SMILES string of the molecule is COC1(c2cccc(CN=[N+]=[N-])c2)CC1. The van der Waals surface area contributed by atoms with Gasteiger partial charge in [-0.2, -0.15) is 0 Å². The number of ether oxygens (including phenoxy) is 1. The minimum absolute atomic E-state index is 0.0631. The second-order valence-corrected chi connectivity index (χ2v) is 3.79. The first kappa shape index (κ1) is 10.0. The molecule has 4 nitrogen and oxygen atoms in total. The largest absolute Gasteiger partial charge is 0.374 e. The zero-order valence-corrected chi connectivity index (χ0v) is 8.68. The Kier molecular flexibility index (Phi) is 2.62. The Morgan fingerprint density at radius 1 is 1.53 bits per heavy atom. The van der Waals surface area contributed by atoms with Crippen LogP contribution in [0.4, 0.5) is 0 Å². The lowest BCUT2D eigenvalue weighted by Gasteiger charge is -2.14. The lowest BCUT2D eigenvalue weighted by atomic mass is 10.0. The van der Waals surface area contributed by atoms with Gasteiger partial charge < -0.3 is 4.74 Å². The van der Waals surface area contributed by atoms with Crippen LogP contribution < -0.4 is 0 Å². The maximum absolute atomic E-state index is 8.25. The molecule has 1 aromatic rings. The van der Waals surface area contributed by atoms with Crippen molar-refractivity contribution in [1.82, 2.24) is 0 Å². The van der Waals surface area contributed by atoms with Crippen molar-refractivity contribution in [2.45, 2.75) is 25.0 Å². The molecule has 1 fully saturated rings. The van der Waals surface area contributed by atoms with Gasteiger partial charge in [0.05, 0.1) is 12.1 Å². The van der Waals surface area contributed by atoms with Gasteiger partial charge in [0.2, 0.25) is 0 Å². The minimum atomic E-state index is -0.0631. The van der Waals surface area contributed by atoms with E-state index in [1.807, 2.05) is 12.1 Å². The van der Waals surface area contributed by atoms with Crippen LogP contribution in [0.2, 0.25) is 0 Å². The van der Waals surface area contributed by atoms with Gasteiger partial charge >= 0.3 is 0 Å². The Bertz CT molecular complexity index is 406. The second-order valence-electron chi connectivity index (χ2n) is 3.79. The number of azide groups is 1. The van der Waals surface area contributed by atoms with Gasteiger partial charge in [0, 0.05) is 12.0 Å². The van der Waals surface area contributed by atoms with E-state index in [-0.39, 0.29) is 5.60 Å². The average Bonchev–Trinajstić information content (AvgIpc) is 3.08. The van der Waals surface area contributed by atoms with Gasteiger partial charge in [0.15, 0.2) is 0 Å². The first-order valence-corrected chi connectivity index (χ1v) is 4.96. The van der Waals surface area contributed by atoms with Crippen LogP contribution in [0.25, 0.3) is 10.4 Å². The van der Waals surface area contributed by atoms with Crippen molar-refractivity contribution >= 4 is 0 Å². The summed E-state index contributed by atoms with van der Waals surface area (Å²) in [5.41, 5.74) is 10.4. The summed E-state index contributed by atoms with van der Waals surface area (Å²) in [5, 5.41) is 3.55. The molecule has 0 atom stereocenters. The summed E-state index contributed by atoms with van der Waals surface area (Å²) in [6.45, 7) is 0.407. The van der Waals surface area contributed by atoms with E-state index in [9.17, 15) is 0 Å². The molecule has 0 unspecified atom stereocenters. The molecule has 0 bridgehead atoms. The zero-order valence-electron chi connectivity index (χ0n) is 8.68. The van der Waals surface area contributed by atoms with Crippen LogP contribution in [0.5, 0.6) is 0 Å². The number of nitrogens with zero attached hydrogens (tertiary/aromatic N) is 3. The fourth-order valence-electron chi connectivity index (χ4n) is 1.79. The molecule has 0 aromatic heterocycles. The van der Waals surface area contributed by atoms with Crippen molar-refractivity contribution in [1.29, 1.82) is 0 Å². The third-order valence-electron chi connectivity index (χ3n) is 2.86. The zero-order chi connectivity index (χ0) is 10.7. The van der Waals surface area contributed by atoms with Crippen molar-refractivity contribution < 1.29 is 4.74 Å². The van der Waals surface area contributed by atoms with Crippen molar-refractivity contribution in [3.8, 4) is 0 Å². The van der Waals surface area contributed by atoms with Gasteiger partial charge in [0.25, 0.3) is 0 Å². The highest BCUT2D eigenvalue weighted by atomic mass is 16.5. The molecule has 0 saturated heterocycles. The number of benzene rings is 1. The Balaban J connectivity index is 2.22. The van der Waals surface area contributed by atoms with Crippen molar-refractivity contribution in [2.75, 3.05) is 7.11 Å². The quantitative estimate of drug-likeness (QED) is 0.421. The highest BCUT2D eigenvalue weighted by Crippen LogP contribution is 2.48. The first-order chi connectivity index (χ1) is 7.30. The van der Waals surface area contributed by atoms with E-state index < -0.39 is 0 Å². The third-order valence-corrected chi connectivity index (χ3v) is 2.86. The van der Waals surface area contributed by atoms with E-state index >= 15 is 0 Å². The smallest absolute Gasteiger partial charge is 0.0930 e. The van der Waals surface area contributed by atoms with E-state index in [2.05, 4.69) is 22.2 Å². The van der Waals surface area contributed by atoms with Crippen LogP contribution in [0.15, 0.2) is 29.4 Å². The molecule has 0 spiro atoms. The first-order valence-electron chi connectivity index (χ1n) is 4.96. The van der Waals surface area contributed by atoms with Gasteiger partial charge in [-0.1, -0.05) is 29.4 Å². The summed E-state index contributed by atoms with van der Waals surface area (Å²) in [6.07, 6.45) is 2.16. The molecular weight excluding hydrogens is 190 g/mol. The number of hydrogen-bond acceptors (Lipinski definition) is 2. The Morgan fingerprint density at radius 2 is 2.33 bits per heavy atom. The molecular formula is C11H13N3O. The molecule has 1 aromatic carbocycles. The highest BCUT2D eigenvalue weighted by molar-refractivity contribution is 5.32. The van der Waals surface area contributed by atoms with E-state index in [1.54, 1.807) is 7.11 Å². The van der Waals surface area contributed by atoms with Gasteiger partial charge in [0.1, 0.15) is 0 Å². The summed E-state index contributed by atoms with van der Waals surface area (Å²) in [7, 11) is 1.74. The number of hydrogen-bond donors (Lipinski definition) is 0. The summed E-state index contributed by atoms with van der Waals surface area (Å²) in [4.78, 5) is 2.75.